The zero-order chi connectivity index (χ0) is 14.7. The molecule has 110 valence electrons. The molecule has 1 aliphatic heterocycles. The van der Waals surface area contributed by atoms with Crippen LogP contribution in [0.15, 0.2) is 30.3 Å². The van der Waals surface area contributed by atoms with E-state index >= 15 is 0 Å². The maximum atomic E-state index is 12.6. The highest BCUT2D eigenvalue weighted by Gasteiger charge is 2.37. The number of aliphatic hydroxyl groups is 1. The van der Waals surface area contributed by atoms with Gasteiger partial charge in [0.2, 0.25) is 5.91 Å². The Morgan fingerprint density at radius 3 is 2.70 bits per heavy atom. The second kappa shape index (κ2) is 6.37. The molecule has 0 spiro atoms. The third-order valence-corrected chi connectivity index (χ3v) is 4.47. The summed E-state index contributed by atoms with van der Waals surface area (Å²) in [5, 5.41) is 9.47. The molecule has 1 aromatic carbocycles. The van der Waals surface area contributed by atoms with Gasteiger partial charge in [0.25, 0.3) is 0 Å². The third-order valence-electron chi connectivity index (χ3n) is 4.47. The van der Waals surface area contributed by atoms with E-state index in [9.17, 15) is 9.90 Å². The minimum Gasteiger partial charge on any atom is -0.394 e. The van der Waals surface area contributed by atoms with E-state index in [1.807, 2.05) is 37.3 Å². The summed E-state index contributed by atoms with van der Waals surface area (Å²) in [5.74, 6) is 0.116. The van der Waals surface area contributed by atoms with Crippen molar-refractivity contribution >= 4 is 5.91 Å². The Morgan fingerprint density at radius 1 is 1.45 bits per heavy atom. The standard InChI is InChI=1S/C16H24N2O2/c1-11-8-9-18(14(11)10-19)16(20)12(2)15(17)13-6-4-3-5-7-13/h3-7,11-12,14-15,19H,8-10,17H2,1-2H3. The fourth-order valence-corrected chi connectivity index (χ4v) is 2.94. The maximum Gasteiger partial charge on any atom is 0.227 e. The second-order valence-electron chi connectivity index (χ2n) is 5.77. The predicted molar refractivity (Wildman–Crippen MR) is 78.9 cm³/mol. The van der Waals surface area contributed by atoms with Gasteiger partial charge in [0.1, 0.15) is 0 Å². The molecule has 4 heteroatoms. The number of carbonyl (C=O) groups is 1. The minimum atomic E-state index is -0.307. The molecule has 2 rings (SSSR count). The Labute approximate surface area is 120 Å². The molecule has 0 saturated carbocycles. The fourth-order valence-electron chi connectivity index (χ4n) is 2.94. The van der Waals surface area contributed by atoms with Crippen LogP contribution in [0.5, 0.6) is 0 Å². The monoisotopic (exact) mass is 276 g/mol. The summed E-state index contributed by atoms with van der Waals surface area (Å²) < 4.78 is 0. The van der Waals surface area contributed by atoms with Crippen LogP contribution in [0.4, 0.5) is 0 Å². The van der Waals surface area contributed by atoms with Gasteiger partial charge >= 0.3 is 0 Å². The van der Waals surface area contributed by atoms with Crippen LogP contribution in [0.3, 0.4) is 0 Å². The summed E-state index contributed by atoms with van der Waals surface area (Å²) in [4.78, 5) is 14.4. The van der Waals surface area contributed by atoms with Crippen LogP contribution >= 0.6 is 0 Å². The summed E-state index contributed by atoms with van der Waals surface area (Å²) in [5.41, 5.74) is 7.19. The Balaban J connectivity index is 2.09. The van der Waals surface area contributed by atoms with E-state index in [1.165, 1.54) is 0 Å². The van der Waals surface area contributed by atoms with Crippen LogP contribution in [0.25, 0.3) is 0 Å². The Morgan fingerprint density at radius 2 is 2.10 bits per heavy atom. The molecule has 4 atom stereocenters. The molecule has 0 radical (unpaired) electrons. The van der Waals surface area contributed by atoms with E-state index in [4.69, 9.17) is 5.73 Å². The molecule has 3 N–H and O–H groups in total. The lowest BCUT2D eigenvalue weighted by Gasteiger charge is -2.30. The average molecular weight is 276 g/mol. The van der Waals surface area contributed by atoms with Crippen molar-refractivity contribution in [1.82, 2.24) is 4.90 Å². The highest BCUT2D eigenvalue weighted by Crippen LogP contribution is 2.28. The number of hydrogen-bond acceptors (Lipinski definition) is 3. The van der Waals surface area contributed by atoms with Gasteiger partial charge in [-0.25, -0.2) is 0 Å². The molecule has 1 aliphatic rings. The van der Waals surface area contributed by atoms with Gasteiger partial charge in [-0.3, -0.25) is 4.79 Å². The topological polar surface area (TPSA) is 66.6 Å². The van der Waals surface area contributed by atoms with Crippen LogP contribution in [0, 0.1) is 11.8 Å². The number of amides is 1. The normalized spacial score (nSPS) is 25.5. The van der Waals surface area contributed by atoms with Crippen LogP contribution in [0.2, 0.25) is 0 Å². The number of benzene rings is 1. The first kappa shape index (κ1) is 15.0. The van der Waals surface area contributed by atoms with E-state index < -0.39 is 0 Å². The number of rotatable bonds is 4. The summed E-state index contributed by atoms with van der Waals surface area (Å²) in [6.45, 7) is 4.70. The molecular weight excluding hydrogens is 252 g/mol. The molecule has 4 unspecified atom stereocenters. The van der Waals surface area contributed by atoms with Gasteiger partial charge in [-0.2, -0.15) is 0 Å². The first-order valence-corrected chi connectivity index (χ1v) is 7.28. The molecule has 0 aromatic heterocycles. The van der Waals surface area contributed by atoms with Gasteiger partial charge in [-0.05, 0) is 17.9 Å². The molecule has 1 heterocycles. The first-order valence-electron chi connectivity index (χ1n) is 7.28. The van der Waals surface area contributed by atoms with Crippen molar-refractivity contribution in [2.24, 2.45) is 17.6 Å². The molecule has 0 bridgehead atoms. The van der Waals surface area contributed by atoms with E-state index in [1.54, 1.807) is 4.90 Å². The van der Waals surface area contributed by atoms with E-state index in [-0.39, 0.29) is 30.5 Å². The molecule has 4 nitrogen and oxygen atoms in total. The number of aliphatic hydroxyl groups excluding tert-OH is 1. The molecule has 1 saturated heterocycles. The number of carbonyl (C=O) groups excluding carboxylic acids is 1. The molecule has 1 fully saturated rings. The smallest absolute Gasteiger partial charge is 0.227 e. The highest BCUT2D eigenvalue weighted by molar-refractivity contribution is 5.80. The molecule has 0 aliphatic carbocycles. The Kier molecular flexibility index (Phi) is 4.78. The largest absolute Gasteiger partial charge is 0.394 e. The van der Waals surface area contributed by atoms with Gasteiger partial charge in [-0.15, -0.1) is 0 Å². The zero-order valence-electron chi connectivity index (χ0n) is 12.2. The predicted octanol–water partition coefficient (Wildman–Crippen LogP) is 1.55. The minimum absolute atomic E-state index is 0.0280. The van der Waals surface area contributed by atoms with Crippen LogP contribution in [-0.2, 0) is 4.79 Å². The summed E-state index contributed by atoms with van der Waals surface area (Å²) in [6, 6.07) is 9.33. The summed E-state index contributed by atoms with van der Waals surface area (Å²) in [6.07, 6.45) is 0.949. The SMILES string of the molecule is CC1CCN(C(=O)C(C)C(N)c2ccccc2)C1CO. The lowest BCUT2D eigenvalue weighted by Crippen LogP contribution is -2.44. The fraction of sp³-hybridized carbons (Fsp3) is 0.562. The van der Waals surface area contributed by atoms with Crippen molar-refractivity contribution in [2.45, 2.75) is 32.4 Å². The quantitative estimate of drug-likeness (QED) is 0.877. The van der Waals surface area contributed by atoms with E-state index in [2.05, 4.69) is 6.92 Å². The van der Waals surface area contributed by atoms with Crippen LogP contribution in [0.1, 0.15) is 31.9 Å². The lowest BCUT2D eigenvalue weighted by atomic mass is 9.93. The number of likely N-dealkylation sites (tertiary alicyclic amines) is 1. The number of hydrogen-bond donors (Lipinski definition) is 2. The van der Waals surface area contributed by atoms with Gasteiger partial charge in [0, 0.05) is 12.6 Å². The van der Waals surface area contributed by atoms with E-state index in [0.29, 0.717) is 5.92 Å². The van der Waals surface area contributed by atoms with E-state index in [0.717, 1.165) is 18.5 Å². The molecule has 1 amide bonds. The lowest BCUT2D eigenvalue weighted by molar-refractivity contribution is -0.137. The van der Waals surface area contributed by atoms with Crippen molar-refractivity contribution in [1.29, 1.82) is 0 Å². The second-order valence-corrected chi connectivity index (χ2v) is 5.77. The molecule has 1 aromatic rings. The summed E-state index contributed by atoms with van der Waals surface area (Å²) in [7, 11) is 0. The first-order chi connectivity index (χ1) is 9.56. The van der Waals surface area contributed by atoms with Gasteiger partial charge < -0.3 is 15.7 Å². The van der Waals surface area contributed by atoms with Crippen molar-refractivity contribution < 1.29 is 9.90 Å². The maximum absolute atomic E-state index is 12.6. The Bertz CT molecular complexity index is 449. The van der Waals surface area contributed by atoms with Crippen molar-refractivity contribution in [3.8, 4) is 0 Å². The summed E-state index contributed by atoms with van der Waals surface area (Å²) >= 11 is 0. The highest BCUT2D eigenvalue weighted by atomic mass is 16.3. The van der Waals surface area contributed by atoms with Crippen molar-refractivity contribution in [2.75, 3.05) is 13.2 Å². The van der Waals surface area contributed by atoms with Gasteiger partial charge in [0.15, 0.2) is 0 Å². The van der Waals surface area contributed by atoms with Crippen molar-refractivity contribution in [3.05, 3.63) is 35.9 Å². The van der Waals surface area contributed by atoms with Crippen LogP contribution in [-0.4, -0.2) is 35.1 Å². The molecule has 20 heavy (non-hydrogen) atoms. The molecular formula is C16H24N2O2. The van der Waals surface area contributed by atoms with Gasteiger partial charge in [0.05, 0.1) is 18.6 Å². The average Bonchev–Trinajstić information content (AvgIpc) is 2.86. The third kappa shape index (κ3) is 2.86. The van der Waals surface area contributed by atoms with Crippen LogP contribution < -0.4 is 5.73 Å². The zero-order valence-corrected chi connectivity index (χ0v) is 12.2. The number of nitrogens with two attached hydrogens (primary N) is 1. The van der Waals surface area contributed by atoms with Gasteiger partial charge in [-0.1, -0.05) is 44.2 Å². The Hall–Kier alpha value is -1.39. The van der Waals surface area contributed by atoms with Crippen molar-refractivity contribution in [3.63, 3.8) is 0 Å². The number of nitrogens with zero attached hydrogens (tertiary/aromatic N) is 1.